The van der Waals surface area contributed by atoms with Gasteiger partial charge >= 0.3 is 0 Å². The van der Waals surface area contributed by atoms with Gasteiger partial charge in [0.15, 0.2) is 0 Å². The molecule has 3 heteroatoms. The van der Waals surface area contributed by atoms with Crippen LogP contribution in [0.25, 0.3) is 0 Å². The van der Waals surface area contributed by atoms with E-state index in [9.17, 15) is 0 Å². The SMILES string of the molecule is CCC(N)Cc1ccc(C)c(Oc2ccc(C)cc2Br)c1. The minimum atomic E-state index is 0.201. The van der Waals surface area contributed by atoms with E-state index in [4.69, 9.17) is 10.5 Å². The fraction of sp³-hybridized carbons (Fsp3) is 0.333. The molecule has 1 unspecified atom stereocenters. The van der Waals surface area contributed by atoms with E-state index in [2.05, 4.69) is 61.0 Å². The van der Waals surface area contributed by atoms with Crippen molar-refractivity contribution in [2.75, 3.05) is 0 Å². The standard InChI is InChI=1S/C18H22BrNO/c1-4-15(20)10-14-7-6-13(3)18(11-14)21-17-8-5-12(2)9-16(17)19/h5-9,11,15H,4,10,20H2,1-3H3. The smallest absolute Gasteiger partial charge is 0.141 e. The maximum atomic E-state index is 6.06. The van der Waals surface area contributed by atoms with Gasteiger partial charge in [0.2, 0.25) is 0 Å². The summed E-state index contributed by atoms with van der Waals surface area (Å²) in [4.78, 5) is 0. The highest BCUT2D eigenvalue weighted by Gasteiger charge is 2.08. The van der Waals surface area contributed by atoms with Crippen molar-refractivity contribution >= 4 is 15.9 Å². The zero-order valence-corrected chi connectivity index (χ0v) is 14.4. The van der Waals surface area contributed by atoms with E-state index in [1.807, 2.05) is 12.1 Å². The molecule has 0 radical (unpaired) electrons. The number of aryl methyl sites for hydroxylation is 2. The molecule has 112 valence electrons. The maximum Gasteiger partial charge on any atom is 0.141 e. The number of benzene rings is 2. The summed E-state index contributed by atoms with van der Waals surface area (Å²) in [7, 11) is 0. The minimum Gasteiger partial charge on any atom is -0.456 e. The fourth-order valence-corrected chi connectivity index (χ4v) is 2.71. The van der Waals surface area contributed by atoms with Crippen LogP contribution in [0.5, 0.6) is 11.5 Å². The molecule has 0 bridgehead atoms. The Balaban J connectivity index is 2.24. The van der Waals surface area contributed by atoms with Gasteiger partial charge in [0, 0.05) is 6.04 Å². The Bertz CT molecular complexity index is 625. The van der Waals surface area contributed by atoms with Gasteiger partial charge in [-0.1, -0.05) is 25.1 Å². The molecule has 0 aliphatic rings. The molecule has 0 spiro atoms. The zero-order chi connectivity index (χ0) is 15.4. The number of nitrogens with two attached hydrogens (primary N) is 1. The third-order valence-electron chi connectivity index (χ3n) is 3.58. The number of halogens is 1. The average Bonchev–Trinajstić information content (AvgIpc) is 2.45. The molecule has 0 aliphatic carbocycles. The van der Waals surface area contributed by atoms with E-state index < -0.39 is 0 Å². The van der Waals surface area contributed by atoms with Crippen molar-refractivity contribution in [3.63, 3.8) is 0 Å². The van der Waals surface area contributed by atoms with Crippen LogP contribution >= 0.6 is 15.9 Å². The first-order valence-electron chi connectivity index (χ1n) is 7.28. The summed E-state index contributed by atoms with van der Waals surface area (Å²) in [5.41, 5.74) is 9.58. The molecule has 2 nitrogen and oxygen atoms in total. The number of ether oxygens (including phenoxy) is 1. The van der Waals surface area contributed by atoms with Crippen molar-refractivity contribution in [1.82, 2.24) is 0 Å². The van der Waals surface area contributed by atoms with Gasteiger partial charge in [-0.15, -0.1) is 0 Å². The van der Waals surface area contributed by atoms with Gasteiger partial charge in [0.1, 0.15) is 11.5 Å². The van der Waals surface area contributed by atoms with Crippen LogP contribution in [0.3, 0.4) is 0 Å². The molecule has 21 heavy (non-hydrogen) atoms. The summed E-state index contributed by atoms with van der Waals surface area (Å²) in [5, 5.41) is 0. The fourth-order valence-electron chi connectivity index (χ4n) is 2.14. The van der Waals surface area contributed by atoms with Crippen LogP contribution in [-0.2, 0) is 6.42 Å². The van der Waals surface area contributed by atoms with Crippen molar-refractivity contribution in [1.29, 1.82) is 0 Å². The van der Waals surface area contributed by atoms with Crippen molar-refractivity contribution in [3.8, 4) is 11.5 Å². The Morgan fingerprint density at radius 1 is 1.10 bits per heavy atom. The third kappa shape index (κ3) is 4.32. The number of hydrogen-bond donors (Lipinski definition) is 1. The van der Waals surface area contributed by atoms with E-state index in [0.717, 1.165) is 34.4 Å². The largest absolute Gasteiger partial charge is 0.456 e. The van der Waals surface area contributed by atoms with Gasteiger partial charge in [-0.05, 0) is 77.5 Å². The van der Waals surface area contributed by atoms with Gasteiger partial charge in [-0.3, -0.25) is 0 Å². The highest BCUT2D eigenvalue weighted by molar-refractivity contribution is 9.10. The molecular formula is C18H22BrNO. The topological polar surface area (TPSA) is 35.2 Å². The molecule has 0 fully saturated rings. The second-order valence-electron chi connectivity index (χ2n) is 5.51. The lowest BCUT2D eigenvalue weighted by Crippen LogP contribution is -2.21. The summed E-state index contributed by atoms with van der Waals surface area (Å²) in [6.45, 7) is 6.23. The molecule has 0 saturated heterocycles. The first-order valence-corrected chi connectivity index (χ1v) is 8.08. The van der Waals surface area contributed by atoms with Gasteiger partial charge in [0.25, 0.3) is 0 Å². The number of hydrogen-bond acceptors (Lipinski definition) is 2. The van der Waals surface area contributed by atoms with E-state index in [-0.39, 0.29) is 6.04 Å². The molecule has 0 aliphatic heterocycles. The molecule has 2 aromatic rings. The molecule has 0 saturated carbocycles. The summed E-state index contributed by atoms with van der Waals surface area (Å²) in [6, 6.07) is 12.6. The van der Waals surface area contributed by atoms with Crippen molar-refractivity contribution < 1.29 is 4.74 Å². The summed E-state index contributed by atoms with van der Waals surface area (Å²) >= 11 is 3.55. The highest BCUT2D eigenvalue weighted by Crippen LogP contribution is 2.32. The van der Waals surface area contributed by atoms with Crippen LogP contribution in [0.15, 0.2) is 40.9 Å². The Hall–Kier alpha value is -1.32. The second-order valence-corrected chi connectivity index (χ2v) is 6.36. The summed E-state index contributed by atoms with van der Waals surface area (Å²) in [5.74, 6) is 1.72. The quantitative estimate of drug-likeness (QED) is 0.812. The monoisotopic (exact) mass is 347 g/mol. The van der Waals surface area contributed by atoms with Crippen molar-refractivity contribution in [2.45, 2.75) is 39.7 Å². The first kappa shape index (κ1) is 16.1. The van der Waals surface area contributed by atoms with Crippen LogP contribution in [0.4, 0.5) is 0 Å². The molecular weight excluding hydrogens is 326 g/mol. The predicted molar refractivity (Wildman–Crippen MR) is 92.1 cm³/mol. The second kappa shape index (κ2) is 7.10. The molecule has 2 N–H and O–H groups in total. The van der Waals surface area contributed by atoms with Gasteiger partial charge in [-0.25, -0.2) is 0 Å². The lowest BCUT2D eigenvalue weighted by molar-refractivity contribution is 0.474. The Labute approximate surface area is 135 Å². The lowest BCUT2D eigenvalue weighted by Gasteiger charge is -2.14. The van der Waals surface area contributed by atoms with E-state index in [1.165, 1.54) is 11.1 Å². The van der Waals surface area contributed by atoms with Crippen molar-refractivity contribution in [3.05, 3.63) is 57.6 Å². The third-order valence-corrected chi connectivity index (χ3v) is 4.20. The normalized spacial score (nSPS) is 12.2. The first-order chi connectivity index (χ1) is 9.99. The molecule has 0 heterocycles. The maximum absolute atomic E-state index is 6.06. The minimum absolute atomic E-state index is 0.201. The molecule has 1 atom stereocenters. The van der Waals surface area contributed by atoms with Gasteiger partial charge in [0.05, 0.1) is 4.47 Å². The predicted octanol–water partition coefficient (Wildman–Crippen LogP) is 5.14. The van der Waals surface area contributed by atoms with Crippen LogP contribution in [0.1, 0.15) is 30.0 Å². The van der Waals surface area contributed by atoms with Crippen molar-refractivity contribution in [2.24, 2.45) is 5.73 Å². The van der Waals surface area contributed by atoms with Crippen LogP contribution < -0.4 is 10.5 Å². The average molecular weight is 348 g/mol. The van der Waals surface area contributed by atoms with E-state index >= 15 is 0 Å². The van der Waals surface area contributed by atoms with Gasteiger partial charge in [-0.2, -0.15) is 0 Å². The zero-order valence-electron chi connectivity index (χ0n) is 12.8. The highest BCUT2D eigenvalue weighted by atomic mass is 79.9. The molecule has 2 rings (SSSR count). The summed E-state index contributed by atoms with van der Waals surface area (Å²) in [6.07, 6.45) is 1.86. The number of rotatable bonds is 5. The Morgan fingerprint density at radius 3 is 2.52 bits per heavy atom. The Kier molecular flexibility index (Phi) is 5.43. The molecule has 0 aromatic heterocycles. The van der Waals surface area contributed by atoms with Crippen LogP contribution in [0.2, 0.25) is 0 Å². The van der Waals surface area contributed by atoms with E-state index in [1.54, 1.807) is 0 Å². The van der Waals surface area contributed by atoms with E-state index in [0.29, 0.717) is 0 Å². The van der Waals surface area contributed by atoms with Crippen LogP contribution in [-0.4, -0.2) is 6.04 Å². The van der Waals surface area contributed by atoms with Gasteiger partial charge < -0.3 is 10.5 Å². The molecule has 2 aromatic carbocycles. The lowest BCUT2D eigenvalue weighted by atomic mass is 10.0. The van der Waals surface area contributed by atoms with Crippen LogP contribution in [0, 0.1) is 13.8 Å². The Morgan fingerprint density at radius 2 is 1.86 bits per heavy atom. The summed E-state index contributed by atoms with van der Waals surface area (Å²) < 4.78 is 7.03. The molecule has 0 amide bonds.